The van der Waals surface area contributed by atoms with Crippen LogP contribution < -0.4 is 5.32 Å². The topological polar surface area (TPSA) is 58.6 Å². The Morgan fingerprint density at radius 1 is 1.53 bits per heavy atom. The van der Waals surface area contributed by atoms with E-state index in [1.807, 2.05) is 0 Å². The highest BCUT2D eigenvalue weighted by Gasteiger charge is 2.36. The van der Waals surface area contributed by atoms with Crippen molar-refractivity contribution in [1.82, 2.24) is 5.32 Å². The van der Waals surface area contributed by atoms with Gasteiger partial charge >= 0.3 is 5.97 Å². The van der Waals surface area contributed by atoms with Crippen molar-refractivity contribution in [2.45, 2.75) is 38.3 Å². The average Bonchev–Trinajstić information content (AvgIpc) is 2.92. The first-order valence-electron chi connectivity index (χ1n) is 5.76. The summed E-state index contributed by atoms with van der Waals surface area (Å²) in [6, 6.07) is -0.335. The Hall–Kier alpha value is -0.610. The zero-order chi connectivity index (χ0) is 10.8. The van der Waals surface area contributed by atoms with Gasteiger partial charge in [0.15, 0.2) is 0 Å². The van der Waals surface area contributed by atoms with E-state index < -0.39 is 5.97 Å². The summed E-state index contributed by atoms with van der Waals surface area (Å²) in [5.41, 5.74) is 0. The third kappa shape index (κ3) is 2.69. The van der Waals surface area contributed by atoms with Crippen LogP contribution in [0.25, 0.3) is 0 Å². The van der Waals surface area contributed by atoms with E-state index in [2.05, 4.69) is 12.2 Å². The molecule has 1 heterocycles. The van der Waals surface area contributed by atoms with Crippen molar-refractivity contribution in [2.24, 2.45) is 11.8 Å². The predicted molar refractivity (Wildman–Crippen MR) is 55.7 cm³/mol. The lowest BCUT2D eigenvalue weighted by molar-refractivity contribution is -0.140. The van der Waals surface area contributed by atoms with E-state index in [0.717, 1.165) is 32.4 Å². The normalized spacial score (nSPS) is 32.9. The molecule has 2 aliphatic rings. The minimum atomic E-state index is -0.705. The minimum absolute atomic E-state index is 0.270. The molecule has 0 amide bonds. The van der Waals surface area contributed by atoms with Crippen LogP contribution in [0, 0.1) is 11.8 Å². The first kappa shape index (κ1) is 10.9. The Morgan fingerprint density at radius 2 is 2.27 bits per heavy atom. The van der Waals surface area contributed by atoms with Crippen LogP contribution in [0.2, 0.25) is 0 Å². The monoisotopic (exact) mass is 213 g/mol. The molecule has 4 heteroatoms. The molecule has 2 fully saturated rings. The van der Waals surface area contributed by atoms with Crippen LogP contribution in [0.1, 0.15) is 26.2 Å². The van der Waals surface area contributed by atoms with Gasteiger partial charge in [-0.25, -0.2) is 0 Å². The number of carboxylic acid groups (broad SMARTS) is 1. The summed E-state index contributed by atoms with van der Waals surface area (Å²) in [7, 11) is 0. The van der Waals surface area contributed by atoms with E-state index in [9.17, 15) is 4.79 Å². The van der Waals surface area contributed by atoms with Gasteiger partial charge in [0.2, 0.25) is 0 Å². The van der Waals surface area contributed by atoms with E-state index >= 15 is 0 Å². The SMILES string of the molecule is CC1OCCC1CNC(C(=O)O)C1CC1. The zero-order valence-corrected chi connectivity index (χ0v) is 9.11. The largest absolute Gasteiger partial charge is 0.480 e. The summed E-state index contributed by atoms with van der Waals surface area (Å²) >= 11 is 0. The van der Waals surface area contributed by atoms with Crippen molar-refractivity contribution >= 4 is 5.97 Å². The van der Waals surface area contributed by atoms with Crippen LogP contribution in [-0.4, -0.2) is 36.4 Å². The lowest BCUT2D eigenvalue weighted by Crippen LogP contribution is -2.42. The average molecular weight is 213 g/mol. The molecule has 0 aromatic heterocycles. The number of nitrogens with one attached hydrogen (secondary N) is 1. The van der Waals surface area contributed by atoms with E-state index in [4.69, 9.17) is 9.84 Å². The number of hydrogen-bond donors (Lipinski definition) is 2. The first-order chi connectivity index (χ1) is 7.18. The number of carbonyl (C=O) groups is 1. The second kappa shape index (κ2) is 4.49. The summed E-state index contributed by atoms with van der Waals surface area (Å²) in [5, 5.41) is 12.2. The molecule has 0 bridgehead atoms. The molecule has 2 rings (SSSR count). The molecule has 4 nitrogen and oxygen atoms in total. The number of aliphatic carboxylic acids is 1. The molecule has 0 aromatic carbocycles. The van der Waals surface area contributed by atoms with Crippen molar-refractivity contribution < 1.29 is 14.6 Å². The summed E-state index contributed by atoms with van der Waals surface area (Å²) in [4.78, 5) is 11.0. The Bertz CT molecular complexity index is 240. The van der Waals surface area contributed by atoms with Gasteiger partial charge in [-0.15, -0.1) is 0 Å². The number of hydrogen-bond acceptors (Lipinski definition) is 3. The van der Waals surface area contributed by atoms with Gasteiger partial charge in [-0.3, -0.25) is 4.79 Å². The first-order valence-corrected chi connectivity index (χ1v) is 5.76. The molecule has 0 spiro atoms. The highest BCUT2D eigenvalue weighted by Crippen LogP contribution is 2.33. The minimum Gasteiger partial charge on any atom is -0.480 e. The molecule has 1 saturated carbocycles. The van der Waals surface area contributed by atoms with Crippen molar-refractivity contribution in [3.63, 3.8) is 0 Å². The smallest absolute Gasteiger partial charge is 0.320 e. The predicted octanol–water partition coefficient (Wildman–Crippen LogP) is 0.864. The van der Waals surface area contributed by atoms with Crippen molar-refractivity contribution in [3.8, 4) is 0 Å². The third-order valence-electron chi connectivity index (χ3n) is 3.49. The highest BCUT2D eigenvalue weighted by molar-refractivity contribution is 5.74. The fourth-order valence-electron chi connectivity index (χ4n) is 2.21. The van der Waals surface area contributed by atoms with E-state index in [1.165, 1.54) is 0 Å². The van der Waals surface area contributed by atoms with Crippen LogP contribution in [0.15, 0.2) is 0 Å². The van der Waals surface area contributed by atoms with Crippen molar-refractivity contribution in [3.05, 3.63) is 0 Å². The van der Waals surface area contributed by atoms with Gasteiger partial charge in [-0.05, 0) is 38.0 Å². The van der Waals surface area contributed by atoms with Gasteiger partial charge < -0.3 is 15.2 Å². The Morgan fingerprint density at radius 3 is 2.73 bits per heavy atom. The van der Waals surface area contributed by atoms with E-state index in [0.29, 0.717) is 11.8 Å². The second-order valence-electron chi connectivity index (χ2n) is 4.69. The molecule has 0 radical (unpaired) electrons. The van der Waals surface area contributed by atoms with Gasteiger partial charge in [-0.1, -0.05) is 0 Å². The maximum atomic E-state index is 11.0. The summed E-state index contributed by atoms with van der Waals surface area (Å²) < 4.78 is 5.45. The van der Waals surface area contributed by atoms with Crippen LogP contribution in [0.5, 0.6) is 0 Å². The van der Waals surface area contributed by atoms with Gasteiger partial charge in [0.05, 0.1) is 6.10 Å². The van der Waals surface area contributed by atoms with Gasteiger partial charge in [-0.2, -0.15) is 0 Å². The molecular formula is C11H19NO3. The van der Waals surface area contributed by atoms with Crippen molar-refractivity contribution in [1.29, 1.82) is 0 Å². The zero-order valence-electron chi connectivity index (χ0n) is 9.11. The molecule has 3 unspecified atom stereocenters. The quantitative estimate of drug-likeness (QED) is 0.711. The standard InChI is InChI=1S/C11H19NO3/c1-7-9(4-5-15-7)6-12-10(11(13)14)8-2-3-8/h7-10,12H,2-6H2,1H3,(H,13,14). The van der Waals surface area contributed by atoms with Crippen molar-refractivity contribution in [2.75, 3.05) is 13.2 Å². The fourth-order valence-corrected chi connectivity index (χ4v) is 2.21. The number of carboxylic acids is 1. The molecule has 15 heavy (non-hydrogen) atoms. The molecule has 0 aromatic rings. The van der Waals surface area contributed by atoms with E-state index in [1.54, 1.807) is 0 Å². The summed E-state index contributed by atoms with van der Waals surface area (Å²) in [6.45, 7) is 3.65. The molecule has 1 aliphatic heterocycles. The summed E-state index contributed by atoms with van der Waals surface area (Å²) in [5.74, 6) is 0.134. The number of ether oxygens (including phenoxy) is 1. The van der Waals surface area contributed by atoms with E-state index in [-0.39, 0.29) is 12.1 Å². The Kier molecular flexibility index (Phi) is 3.26. The number of rotatable bonds is 5. The van der Waals surface area contributed by atoms with Gasteiger partial charge in [0.25, 0.3) is 0 Å². The lowest BCUT2D eigenvalue weighted by atomic mass is 10.0. The highest BCUT2D eigenvalue weighted by atomic mass is 16.5. The molecule has 86 valence electrons. The molecule has 1 saturated heterocycles. The van der Waals surface area contributed by atoms with Crippen LogP contribution in [-0.2, 0) is 9.53 Å². The molecular weight excluding hydrogens is 194 g/mol. The third-order valence-corrected chi connectivity index (χ3v) is 3.49. The van der Waals surface area contributed by atoms with Gasteiger partial charge in [0, 0.05) is 13.2 Å². The maximum absolute atomic E-state index is 11.0. The lowest BCUT2D eigenvalue weighted by Gasteiger charge is -2.18. The maximum Gasteiger partial charge on any atom is 0.320 e. The molecule has 2 N–H and O–H groups in total. The molecule has 1 aliphatic carbocycles. The summed E-state index contributed by atoms with van der Waals surface area (Å²) in [6.07, 6.45) is 3.43. The second-order valence-corrected chi connectivity index (χ2v) is 4.69. The van der Waals surface area contributed by atoms with Crippen LogP contribution in [0.3, 0.4) is 0 Å². The van der Waals surface area contributed by atoms with Gasteiger partial charge in [0.1, 0.15) is 6.04 Å². The molecule has 3 atom stereocenters. The Labute approximate surface area is 90.0 Å². The van der Waals surface area contributed by atoms with Crippen LogP contribution in [0.4, 0.5) is 0 Å². The Balaban J connectivity index is 1.77. The van der Waals surface area contributed by atoms with Crippen LogP contribution >= 0.6 is 0 Å². The fraction of sp³-hybridized carbons (Fsp3) is 0.909.